The van der Waals surface area contributed by atoms with Crippen LogP contribution in [-0.2, 0) is 21.4 Å². The van der Waals surface area contributed by atoms with E-state index in [1.54, 1.807) is 31.2 Å². The quantitative estimate of drug-likeness (QED) is 0.808. The first kappa shape index (κ1) is 21.5. The molecule has 2 aromatic rings. The largest absolute Gasteiger partial charge is 0.352 e. The molecule has 0 aromatic heterocycles. The number of carbonyl (C=O) groups is 1. The normalized spacial score (nSPS) is 17.1. The number of nitrogens with one attached hydrogen (secondary N) is 1. The molecule has 156 valence electrons. The van der Waals surface area contributed by atoms with Crippen LogP contribution < -0.4 is 5.32 Å². The Morgan fingerprint density at radius 2 is 1.72 bits per heavy atom. The molecule has 1 aliphatic rings. The fourth-order valence-corrected chi connectivity index (χ4v) is 5.32. The molecule has 2 aromatic carbocycles. The van der Waals surface area contributed by atoms with Gasteiger partial charge in [-0.2, -0.15) is 4.31 Å². The Hall–Kier alpha value is -2.25. The molecule has 1 aliphatic heterocycles. The smallest absolute Gasteiger partial charge is 0.243 e. The minimum atomic E-state index is -3.58. The van der Waals surface area contributed by atoms with Gasteiger partial charge in [0, 0.05) is 25.0 Å². The van der Waals surface area contributed by atoms with Gasteiger partial charge in [-0.25, -0.2) is 12.8 Å². The zero-order valence-electron chi connectivity index (χ0n) is 17.0. The van der Waals surface area contributed by atoms with E-state index in [4.69, 9.17) is 0 Å². The number of aryl methyl sites for hydroxylation is 2. The maximum Gasteiger partial charge on any atom is 0.243 e. The van der Waals surface area contributed by atoms with Gasteiger partial charge in [-0.1, -0.05) is 36.8 Å². The fraction of sp³-hybridized carbons (Fsp3) is 0.409. The first-order valence-electron chi connectivity index (χ1n) is 9.72. The number of sulfonamides is 1. The topological polar surface area (TPSA) is 66.5 Å². The maximum atomic E-state index is 13.0. The van der Waals surface area contributed by atoms with Gasteiger partial charge in [-0.15, -0.1) is 0 Å². The average molecular weight is 419 g/mol. The summed E-state index contributed by atoms with van der Waals surface area (Å²) in [4.78, 5) is 13.1. The third-order valence-electron chi connectivity index (χ3n) is 5.69. The highest BCUT2D eigenvalue weighted by Gasteiger charge is 2.40. The van der Waals surface area contributed by atoms with Gasteiger partial charge in [0.05, 0.1) is 4.90 Å². The molecule has 0 radical (unpaired) electrons. The Balaban J connectivity index is 1.63. The molecule has 0 atom stereocenters. The SMILES string of the molecule is Cc1ccc(S(=O)(=O)N2CCC(C)(C(=O)NCc3ccc(F)cc3)CC2)c(C)c1. The molecule has 3 rings (SSSR count). The van der Waals surface area contributed by atoms with Gasteiger partial charge in [0.15, 0.2) is 0 Å². The summed E-state index contributed by atoms with van der Waals surface area (Å²) >= 11 is 0. The van der Waals surface area contributed by atoms with Crippen molar-refractivity contribution in [3.63, 3.8) is 0 Å². The number of amides is 1. The number of benzene rings is 2. The van der Waals surface area contributed by atoms with Crippen molar-refractivity contribution < 1.29 is 17.6 Å². The highest BCUT2D eigenvalue weighted by molar-refractivity contribution is 7.89. The van der Waals surface area contributed by atoms with Crippen molar-refractivity contribution in [3.05, 3.63) is 65.0 Å². The maximum absolute atomic E-state index is 13.0. The second kappa shape index (κ2) is 8.24. The number of rotatable bonds is 5. The van der Waals surface area contributed by atoms with Crippen LogP contribution in [0.2, 0.25) is 0 Å². The van der Waals surface area contributed by atoms with Crippen LogP contribution in [0.25, 0.3) is 0 Å². The van der Waals surface area contributed by atoms with Gasteiger partial charge in [-0.3, -0.25) is 4.79 Å². The van der Waals surface area contributed by atoms with Gasteiger partial charge < -0.3 is 5.32 Å². The molecule has 29 heavy (non-hydrogen) atoms. The van der Waals surface area contributed by atoms with Crippen LogP contribution in [0.3, 0.4) is 0 Å². The summed E-state index contributed by atoms with van der Waals surface area (Å²) in [7, 11) is -3.58. The number of halogens is 1. The predicted octanol–water partition coefficient (Wildman–Crippen LogP) is 3.55. The van der Waals surface area contributed by atoms with Gasteiger partial charge in [0.2, 0.25) is 15.9 Å². The van der Waals surface area contributed by atoms with E-state index in [0.717, 1.165) is 16.7 Å². The molecule has 0 unspecified atom stereocenters. The van der Waals surface area contributed by atoms with Gasteiger partial charge in [0.1, 0.15) is 5.82 Å². The standard InChI is InChI=1S/C22H27FN2O3S/c1-16-4-9-20(17(2)14-16)29(27,28)25-12-10-22(3,11-13-25)21(26)24-15-18-5-7-19(23)8-6-18/h4-9,14H,10-13,15H2,1-3H3,(H,24,26). The van der Waals surface area contributed by atoms with Crippen LogP contribution >= 0.6 is 0 Å². The minimum Gasteiger partial charge on any atom is -0.352 e. The first-order valence-corrected chi connectivity index (χ1v) is 11.2. The van der Waals surface area contributed by atoms with Gasteiger partial charge in [0.25, 0.3) is 0 Å². The second-order valence-corrected chi connectivity index (χ2v) is 9.95. The van der Waals surface area contributed by atoms with Crippen molar-refractivity contribution in [3.8, 4) is 0 Å². The van der Waals surface area contributed by atoms with E-state index < -0.39 is 15.4 Å². The molecule has 1 saturated heterocycles. The van der Waals surface area contributed by atoms with Crippen LogP contribution in [-0.4, -0.2) is 31.7 Å². The molecule has 5 nitrogen and oxygen atoms in total. The Labute approximate surface area is 172 Å². The summed E-state index contributed by atoms with van der Waals surface area (Å²) in [5, 5.41) is 2.90. The van der Waals surface area contributed by atoms with E-state index in [1.807, 2.05) is 19.9 Å². The average Bonchev–Trinajstić information content (AvgIpc) is 2.67. The zero-order chi connectivity index (χ0) is 21.2. The van der Waals surface area contributed by atoms with Gasteiger partial charge in [-0.05, 0) is 56.0 Å². The van der Waals surface area contributed by atoms with Crippen molar-refractivity contribution in [2.45, 2.75) is 45.1 Å². The molecular weight excluding hydrogens is 391 g/mol. The van der Waals surface area contributed by atoms with E-state index >= 15 is 0 Å². The van der Waals surface area contributed by atoms with E-state index in [2.05, 4.69) is 5.32 Å². The van der Waals surface area contributed by atoms with E-state index in [0.29, 0.717) is 37.4 Å². The van der Waals surface area contributed by atoms with Crippen LogP contribution in [0.4, 0.5) is 4.39 Å². The molecule has 0 saturated carbocycles. The monoisotopic (exact) mass is 418 g/mol. The summed E-state index contributed by atoms with van der Waals surface area (Å²) in [6.07, 6.45) is 0.902. The molecule has 1 fully saturated rings. The molecular formula is C22H27FN2O3S. The summed E-state index contributed by atoms with van der Waals surface area (Å²) in [5.41, 5.74) is 1.94. The number of hydrogen-bond donors (Lipinski definition) is 1. The second-order valence-electron chi connectivity index (χ2n) is 8.04. The molecule has 1 amide bonds. The van der Waals surface area contributed by atoms with Crippen LogP contribution in [0, 0.1) is 25.1 Å². The molecule has 0 aliphatic carbocycles. The van der Waals surface area contributed by atoms with Crippen molar-refractivity contribution in [2.24, 2.45) is 5.41 Å². The Morgan fingerprint density at radius 3 is 2.31 bits per heavy atom. The van der Waals surface area contributed by atoms with E-state index in [9.17, 15) is 17.6 Å². The zero-order valence-corrected chi connectivity index (χ0v) is 17.9. The summed E-state index contributed by atoms with van der Waals surface area (Å²) in [6.45, 7) is 6.52. The van der Waals surface area contributed by atoms with Crippen molar-refractivity contribution in [2.75, 3.05) is 13.1 Å². The lowest BCUT2D eigenvalue weighted by molar-refractivity contribution is -0.132. The van der Waals surface area contributed by atoms with Gasteiger partial charge >= 0.3 is 0 Å². The number of hydrogen-bond acceptors (Lipinski definition) is 3. The summed E-state index contributed by atoms with van der Waals surface area (Å²) in [6, 6.07) is 11.3. The highest BCUT2D eigenvalue weighted by atomic mass is 32.2. The highest BCUT2D eigenvalue weighted by Crippen LogP contribution is 2.34. The third kappa shape index (κ3) is 4.67. The van der Waals surface area contributed by atoms with E-state index in [1.165, 1.54) is 16.4 Å². The third-order valence-corrected chi connectivity index (χ3v) is 7.75. The summed E-state index contributed by atoms with van der Waals surface area (Å²) in [5.74, 6) is -0.421. The van der Waals surface area contributed by atoms with Crippen LogP contribution in [0.1, 0.15) is 36.5 Å². The Bertz CT molecular complexity index is 995. The van der Waals surface area contributed by atoms with Crippen molar-refractivity contribution in [1.29, 1.82) is 0 Å². The number of carbonyl (C=O) groups excluding carboxylic acids is 1. The lowest BCUT2D eigenvalue weighted by Crippen LogP contribution is -2.48. The fourth-order valence-electron chi connectivity index (χ4n) is 3.67. The van der Waals surface area contributed by atoms with Crippen LogP contribution in [0.15, 0.2) is 47.4 Å². The minimum absolute atomic E-state index is 0.106. The Kier molecular flexibility index (Phi) is 6.10. The first-order chi connectivity index (χ1) is 13.6. The molecule has 1 heterocycles. The Morgan fingerprint density at radius 1 is 1.10 bits per heavy atom. The van der Waals surface area contributed by atoms with Crippen LogP contribution in [0.5, 0.6) is 0 Å². The van der Waals surface area contributed by atoms with Crippen molar-refractivity contribution >= 4 is 15.9 Å². The summed E-state index contributed by atoms with van der Waals surface area (Å²) < 4.78 is 40.5. The van der Waals surface area contributed by atoms with Crippen molar-refractivity contribution in [1.82, 2.24) is 9.62 Å². The lowest BCUT2D eigenvalue weighted by atomic mass is 9.80. The lowest BCUT2D eigenvalue weighted by Gasteiger charge is -2.37. The molecule has 0 bridgehead atoms. The molecule has 7 heteroatoms. The van der Waals surface area contributed by atoms with E-state index in [-0.39, 0.29) is 11.7 Å². The molecule has 1 N–H and O–H groups in total. The molecule has 0 spiro atoms. The predicted molar refractivity (Wildman–Crippen MR) is 110 cm³/mol. The number of piperidine rings is 1. The number of nitrogens with zero attached hydrogens (tertiary/aromatic N) is 1.